The first-order chi connectivity index (χ1) is 3.77. The minimum absolute atomic E-state index is 0.0402. The summed E-state index contributed by atoms with van der Waals surface area (Å²) in [5, 5.41) is 8.20. The van der Waals surface area contributed by atoms with Crippen LogP contribution in [0.3, 0.4) is 0 Å². The lowest BCUT2D eigenvalue weighted by Crippen LogP contribution is -2.05. The van der Waals surface area contributed by atoms with Crippen molar-refractivity contribution in [2.75, 3.05) is 19.8 Å². The summed E-state index contributed by atoms with van der Waals surface area (Å²) in [6, 6.07) is 0. The van der Waals surface area contributed by atoms with Crippen LogP contribution >= 0.6 is 25.3 Å². The number of thiol groups is 2. The van der Waals surface area contributed by atoms with Gasteiger partial charge in [-0.1, -0.05) is 0 Å². The molecule has 0 fully saturated rings. The van der Waals surface area contributed by atoms with Crippen LogP contribution in [0.5, 0.6) is 0 Å². The third-order valence-electron chi connectivity index (χ3n) is 0.503. The van der Waals surface area contributed by atoms with Crippen LogP contribution in [-0.4, -0.2) is 29.5 Å². The smallest absolute Gasteiger partial charge is 0.0698 e. The second-order valence-electron chi connectivity index (χ2n) is 1.28. The van der Waals surface area contributed by atoms with Crippen molar-refractivity contribution in [1.29, 1.82) is 0 Å². The zero-order valence-corrected chi connectivity index (χ0v) is 6.24. The van der Waals surface area contributed by atoms with Crippen LogP contribution in [-0.2, 0) is 4.74 Å². The Kier molecular flexibility index (Phi) is 6.20. The van der Waals surface area contributed by atoms with Crippen molar-refractivity contribution in [2.45, 2.75) is 4.58 Å². The molecular formula is C4H10O2S2. The molecule has 0 amide bonds. The lowest BCUT2D eigenvalue weighted by Gasteiger charge is -2.01. The number of hydrogen-bond acceptors (Lipinski definition) is 4. The summed E-state index contributed by atoms with van der Waals surface area (Å²) >= 11 is 7.86. The van der Waals surface area contributed by atoms with E-state index in [9.17, 15) is 0 Å². The van der Waals surface area contributed by atoms with Crippen LogP contribution in [0.2, 0.25) is 0 Å². The molecule has 0 spiro atoms. The first kappa shape index (κ1) is 8.62. The summed E-state index contributed by atoms with van der Waals surface area (Å²) in [5.41, 5.74) is 0. The second-order valence-corrected chi connectivity index (χ2v) is 2.93. The maximum absolute atomic E-state index is 8.20. The number of aliphatic hydroxyl groups excluding tert-OH is 1. The van der Waals surface area contributed by atoms with E-state index in [4.69, 9.17) is 9.84 Å². The van der Waals surface area contributed by atoms with Gasteiger partial charge in [-0.15, -0.1) is 0 Å². The summed E-state index contributed by atoms with van der Waals surface area (Å²) in [4.78, 5) is 0. The molecule has 0 aliphatic heterocycles. The van der Waals surface area contributed by atoms with Crippen molar-refractivity contribution in [3.8, 4) is 0 Å². The molecule has 0 bridgehead atoms. The number of aliphatic hydroxyl groups is 1. The fourth-order valence-electron chi connectivity index (χ4n) is 0.253. The lowest BCUT2D eigenvalue weighted by molar-refractivity contribution is 0.101. The third-order valence-corrected chi connectivity index (χ3v) is 0.801. The van der Waals surface area contributed by atoms with Crippen molar-refractivity contribution in [2.24, 2.45) is 0 Å². The lowest BCUT2D eigenvalue weighted by atomic mass is 10.7. The molecule has 0 aliphatic rings. The van der Waals surface area contributed by atoms with Gasteiger partial charge in [-0.2, -0.15) is 25.3 Å². The standard InChI is InChI=1S/C4H10O2S2/c5-1-2-6-3-4(7)8/h4-5,7-8H,1-3H2. The zero-order valence-electron chi connectivity index (χ0n) is 4.45. The van der Waals surface area contributed by atoms with E-state index in [0.717, 1.165) is 0 Å². The average Bonchev–Trinajstić information content (AvgIpc) is 1.66. The highest BCUT2D eigenvalue weighted by Gasteiger charge is 1.92. The van der Waals surface area contributed by atoms with Crippen molar-refractivity contribution >= 4 is 25.3 Å². The Morgan fingerprint density at radius 2 is 2.12 bits per heavy atom. The van der Waals surface area contributed by atoms with Crippen LogP contribution in [0.1, 0.15) is 0 Å². The molecule has 2 nitrogen and oxygen atoms in total. The van der Waals surface area contributed by atoms with Crippen LogP contribution in [0, 0.1) is 0 Å². The Labute approximate surface area is 60.1 Å². The van der Waals surface area contributed by atoms with E-state index < -0.39 is 0 Å². The molecule has 0 rings (SSSR count). The largest absolute Gasteiger partial charge is 0.394 e. The van der Waals surface area contributed by atoms with Crippen LogP contribution in [0.25, 0.3) is 0 Å². The molecule has 4 heteroatoms. The average molecular weight is 154 g/mol. The fourth-order valence-corrected chi connectivity index (χ4v) is 0.464. The first-order valence-corrected chi connectivity index (χ1v) is 3.35. The monoisotopic (exact) mass is 154 g/mol. The molecular weight excluding hydrogens is 144 g/mol. The Bertz CT molecular complexity index is 49.3. The second kappa shape index (κ2) is 5.75. The van der Waals surface area contributed by atoms with E-state index in [2.05, 4.69) is 25.3 Å². The highest BCUT2D eigenvalue weighted by atomic mass is 32.2. The van der Waals surface area contributed by atoms with E-state index in [0.29, 0.717) is 13.2 Å². The van der Waals surface area contributed by atoms with Gasteiger partial charge >= 0.3 is 0 Å². The zero-order chi connectivity index (χ0) is 6.41. The fraction of sp³-hybridized carbons (Fsp3) is 1.00. The molecule has 0 heterocycles. The van der Waals surface area contributed by atoms with Crippen LogP contribution in [0.15, 0.2) is 0 Å². The van der Waals surface area contributed by atoms with E-state index in [1.165, 1.54) is 0 Å². The predicted octanol–water partition coefficient (Wildman–Crippen LogP) is 0.181. The molecule has 0 aromatic carbocycles. The molecule has 0 saturated heterocycles. The van der Waals surface area contributed by atoms with Crippen molar-refractivity contribution in [3.63, 3.8) is 0 Å². The molecule has 50 valence electrons. The van der Waals surface area contributed by atoms with Gasteiger partial charge in [0, 0.05) is 0 Å². The van der Waals surface area contributed by atoms with Gasteiger partial charge in [0.25, 0.3) is 0 Å². The van der Waals surface area contributed by atoms with Gasteiger partial charge in [-0.3, -0.25) is 0 Å². The van der Waals surface area contributed by atoms with E-state index in [-0.39, 0.29) is 11.2 Å². The molecule has 0 aliphatic carbocycles. The summed E-state index contributed by atoms with van der Waals surface area (Å²) < 4.78 is 4.80. The Balaban J connectivity index is 2.72. The van der Waals surface area contributed by atoms with Gasteiger partial charge in [0.2, 0.25) is 0 Å². The van der Waals surface area contributed by atoms with Crippen molar-refractivity contribution < 1.29 is 9.84 Å². The molecule has 0 radical (unpaired) electrons. The summed E-state index contributed by atoms with van der Waals surface area (Å²) in [5.74, 6) is 0. The first-order valence-electron chi connectivity index (χ1n) is 2.32. The normalized spacial score (nSPS) is 10.5. The molecule has 0 aromatic heterocycles. The van der Waals surface area contributed by atoms with Gasteiger partial charge in [-0.25, -0.2) is 0 Å². The topological polar surface area (TPSA) is 29.5 Å². The highest BCUT2D eigenvalue weighted by Crippen LogP contribution is 1.98. The third kappa shape index (κ3) is 6.62. The van der Waals surface area contributed by atoms with E-state index in [1.807, 2.05) is 0 Å². The van der Waals surface area contributed by atoms with Crippen LogP contribution in [0.4, 0.5) is 0 Å². The molecule has 0 aromatic rings. The minimum Gasteiger partial charge on any atom is -0.394 e. The number of rotatable bonds is 4. The van der Waals surface area contributed by atoms with Crippen LogP contribution < -0.4 is 0 Å². The van der Waals surface area contributed by atoms with Crippen molar-refractivity contribution in [3.05, 3.63) is 0 Å². The maximum Gasteiger partial charge on any atom is 0.0698 e. The summed E-state index contributed by atoms with van der Waals surface area (Å²) in [6.07, 6.45) is 0. The van der Waals surface area contributed by atoms with Gasteiger partial charge in [-0.05, 0) is 0 Å². The number of ether oxygens (including phenoxy) is 1. The Morgan fingerprint density at radius 1 is 1.50 bits per heavy atom. The molecule has 0 saturated carbocycles. The SMILES string of the molecule is OCCOCC(S)S. The predicted molar refractivity (Wildman–Crippen MR) is 39.7 cm³/mol. The molecule has 0 atom stereocenters. The van der Waals surface area contributed by atoms with Gasteiger partial charge in [0.1, 0.15) is 0 Å². The molecule has 1 N–H and O–H groups in total. The van der Waals surface area contributed by atoms with Gasteiger partial charge in [0.15, 0.2) is 0 Å². The minimum atomic E-state index is -0.0402. The number of hydrogen-bond donors (Lipinski definition) is 3. The maximum atomic E-state index is 8.20. The molecule has 0 unspecified atom stereocenters. The molecule has 8 heavy (non-hydrogen) atoms. The summed E-state index contributed by atoms with van der Waals surface area (Å²) in [7, 11) is 0. The van der Waals surface area contributed by atoms with E-state index in [1.54, 1.807) is 0 Å². The highest BCUT2D eigenvalue weighted by molar-refractivity contribution is 7.99. The Hall–Kier alpha value is 0.620. The van der Waals surface area contributed by atoms with Gasteiger partial charge < -0.3 is 9.84 Å². The summed E-state index contributed by atoms with van der Waals surface area (Å²) in [6.45, 7) is 0.915. The van der Waals surface area contributed by atoms with Crippen molar-refractivity contribution in [1.82, 2.24) is 0 Å². The Morgan fingerprint density at radius 3 is 2.50 bits per heavy atom. The quantitative estimate of drug-likeness (QED) is 0.306. The van der Waals surface area contributed by atoms with Gasteiger partial charge in [0.05, 0.1) is 24.4 Å². The van der Waals surface area contributed by atoms with E-state index >= 15 is 0 Å².